The third kappa shape index (κ3) is 2.12. The molecule has 0 saturated carbocycles. The zero-order valence-electron chi connectivity index (χ0n) is 10.2. The highest BCUT2D eigenvalue weighted by molar-refractivity contribution is 5.32. The second kappa shape index (κ2) is 4.79. The number of rotatable bonds is 1. The van der Waals surface area contributed by atoms with E-state index in [4.69, 9.17) is 0 Å². The SMILES string of the molecule is OC1c2ccccc2CCC1C1CCCCN1. The fraction of sp³-hybridized carbons (Fsp3) is 0.600. The highest BCUT2D eigenvalue weighted by atomic mass is 16.3. The largest absolute Gasteiger partial charge is 0.388 e. The average Bonchev–Trinajstić information content (AvgIpc) is 2.40. The minimum Gasteiger partial charge on any atom is -0.388 e. The quantitative estimate of drug-likeness (QED) is 0.778. The molecule has 3 rings (SSSR count). The van der Waals surface area contributed by atoms with Gasteiger partial charge in [0.2, 0.25) is 0 Å². The first-order chi connectivity index (χ1) is 8.36. The van der Waals surface area contributed by atoms with Crippen LogP contribution in [0.2, 0.25) is 0 Å². The van der Waals surface area contributed by atoms with Crippen molar-refractivity contribution < 1.29 is 5.11 Å². The molecule has 1 aliphatic carbocycles. The van der Waals surface area contributed by atoms with Crippen LogP contribution in [0.15, 0.2) is 24.3 Å². The Hall–Kier alpha value is -0.860. The summed E-state index contributed by atoms with van der Waals surface area (Å²) in [5.41, 5.74) is 2.50. The molecule has 92 valence electrons. The third-order valence-corrected chi connectivity index (χ3v) is 4.39. The smallest absolute Gasteiger partial charge is 0.0835 e. The van der Waals surface area contributed by atoms with Crippen LogP contribution in [-0.2, 0) is 6.42 Å². The van der Waals surface area contributed by atoms with Gasteiger partial charge in [0.05, 0.1) is 6.10 Å². The van der Waals surface area contributed by atoms with E-state index in [1.54, 1.807) is 0 Å². The van der Waals surface area contributed by atoms with Crippen LogP contribution >= 0.6 is 0 Å². The van der Waals surface area contributed by atoms with E-state index in [0.717, 1.165) is 24.9 Å². The lowest BCUT2D eigenvalue weighted by atomic mass is 9.76. The maximum Gasteiger partial charge on any atom is 0.0835 e. The summed E-state index contributed by atoms with van der Waals surface area (Å²) in [6.45, 7) is 1.12. The number of hydrogen-bond acceptors (Lipinski definition) is 2. The molecule has 0 bridgehead atoms. The van der Waals surface area contributed by atoms with Crippen LogP contribution in [0.5, 0.6) is 0 Å². The lowest BCUT2D eigenvalue weighted by Crippen LogP contribution is -2.43. The Labute approximate surface area is 103 Å². The molecule has 2 nitrogen and oxygen atoms in total. The van der Waals surface area contributed by atoms with E-state index < -0.39 is 0 Å². The summed E-state index contributed by atoms with van der Waals surface area (Å²) in [5.74, 6) is 0.408. The molecule has 1 aromatic carbocycles. The molecule has 17 heavy (non-hydrogen) atoms. The molecule has 1 aromatic rings. The first-order valence-electron chi connectivity index (χ1n) is 6.85. The van der Waals surface area contributed by atoms with Crippen molar-refractivity contribution in [3.05, 3.63) is 35.4 Å². The van der Waals surface area contributed by atoms with Gasteiger partial charge in [-0.05, 0) is 43.4 Å². The van der Waals surface area contributed by atoms with Gasteiger partial charge in [0, 0.05) is 12.0 Å². The summed E-state index contributed by atoms with van der Waals surface area (Å²) in [6.07, 6.45) is 5.80. The Morgan fingerprint density at radius 2 is 2.00 bits per heavy atom. The molecule has 1 saturated heterocycles. The van der Waals surface area contributed by atoms with E-state index in [1.165, 1.54) is 24.8 Å². The second-order valence-electron chi connectivity index (χ2n) is 5.40. The average molecular weight is 231 g/mol. The third-order valence-electron chi connectivity index (χ3n) is 4.39. The monoisotopic (exact) mass is 231 g/mol. The van der Waals surface area contributed by atoms with Gasteiger partial charge in [-0.1, -0.05) is 30.7 Å². The number of aliphatic hydroxyl groups is 1. The summed E-state index contributed by atoms with van der Waals surface area (Å²) in [4.78, 5) is 0. The van der Waals surface area contributed by atoms with Crippen LogP contribution in [0.3, 0.4) is 0 Å². The molecule has 0 aromatic heterocycles. The van der Waals surface area contributed by atoms with Gasteiger partial charge in [-0.15, -0.1) is 0 Å². The highest BCUT2D eigenvalue weighted by Gasteiger charge is 2.33. The van der Waals surface area contributed by atoms with Gasteiger partial charge in [0.25, 0.3) is 0 Å². The Bertz CT molecular complexity index is 384. The van der Waals surface area contributed by atoms with Gasteiger partial charge in [0.1, 0.15) is 0 Å². The summed E-state index contributed by atoms with van der Waals surface area (Å²) >= 11 is 0. The fourth-order valence-electron chi connectivity index (χ4n) is 3.43. The summed E-state index contributed by atoms with van der Waals surface area (Å²) in [6, 6.07) is 8.88. The second-order valence-corrected chi connectivity index (χ2v) is 5.40. The van der Waals surface area contributed by atoms with Crippen LogP contribution in [0.1, 0.15) is 42.9 Å². The number of nitrogens with one attached hydrogen (secondary N) is 1. The van der Waals surface area contributed by atoms with Gasteiger partial charge >= 0.3 is 0 Å². The molecule has 2 aliphatic rings. The maximum atomic E-state index is 10.5. The van der Waals surface area contributed by atoms with Crippen molar-refractivity contribution >= 4 is 0 Å². The molecule has 2 N–H and O–H groups in total. The molecule has 1 aliphatic heterocycles. The van der Waals surface area contributed by atoms with Crippen molar-refractivity contribution in [1.29, 1.82) is 0 Å². The van der Waals surface area contributed by atoms with Crippen LogP contribution < -0.4 is 5.32 Å². The number of aliphatic hydroxyl groups excluding tert-OH is 1. The number of aryl methyl sites for hydroxylation is 1. The predicted molar refractivity (Wildman–Crippen MR) is 68.9 cm³/mol. The fourth-order valence-corrected chi connectivity index (χ4v) is 3.43. The van der Waals surface area contributed by atoms with E-state index in [-0.39, 0.29) is 6.10 Å². The van der Waals surface area contributed by atoms with Gasteiger partial charge in [-0.25, -0.2) is 0 Å². The maximum absolute atomic E-state index is 10.5. The normalized spacial score (nSPS) is 33.1. The van der Waals surface area contributed by atoms with Gasteiger partial charge in [-0.3, -0.25) is 0 Å². The molecular formula is C15H21NO. The van der Waals surface area contributed by atoms with Crippen molar-refractivity contribution in [3.8, 4) is 0 Å². The van der Waals surface area contributed by atoms with E-state index in [1.807, 2.05) is 6.07 Å². The molecule has 3 unspecified atom stereocenters. The number of fused-ring (bicyclic) bond motifs is 1. The lowest BCUT2D eigenvalue weighted by molar-refractivity contribution is 0.0623. The summed E-state index contributed by atoms with van der Waals surface area (Å²) in [7, 11) is 0. The highest BCUT2D eigenvalue weighted by Crippen LogP contribution is 2.37. The van der Waals surface area contributed by atoms with Crippen LogP contribution in [0, 0.1) is 5.92 Å². The molecule has 0 amide bonds. The Balaban J connectivity index is 1.81. The molecular weight excluding hydrogens is 210 g/mol. The predicted octanol–water partition coefficient (Wildman–Crippen LogP) is 2.42. The van der Waals surface area contributed by atoms with Crippen molar-refractivity contribution in [2.45, 2.75) is 44.2 Å². The Kier molecular flexibility index (Phi) is 3.17. The first kappa shape index (κ1) is 11.2. The first-order valence-corrected chi connectivity index (χ1v) is 6.85. The Morgan fingerprint density at radius 1 is 1.12 bits per heavy atom. The van der Waals surface area contributed by atoms with Gasteiger partial charge < -0.3 is 10.4 Å². The van der Waals surface area contributed by atoms with Crippen molar-refractivity contribution in [1.82, 2.24) is 5.32 Å². The zero-order valence-corrected chi connectivity index (χ0v) is 10.2. The molecule has 0 spiro atoms. The van der Waals surface area contributed by atoms with Crippen LogP contribution in [0.25, 0.3) is 0 Å². The zero-order chi connectivity index (χ0) is 11.7. The summed E-state index contributed by atoms with van der Waals surface area (Å²) in [5, 5.41) is 14.1. The molecule has 0 radical (unpaired) electrons. The molecule has 2 heteroatoms. The van der Waals surface area contributed by atoms with Gasteiger partial charge in [0.15, 0.2) is 0 Å². The minimum atomic E-state index is -0.268. The van der Waals surface area contributed by atoms with Crippen molar-refractivity contribution in [3.63, 3.8) is 0 Å². The lowest BCUT2D eigenvalue weighted by Gasteiger charge is -2.38. The van der Waals surface area contributed by atoms with E-state index in [2.05, 4.69) is 23.5 Å². The summed E-state index contributed by atoms with van der Waals surface area (Å²) < 4.78 is 0. The van der Waals surface area contributed by atoms with Crippen LogP contribution in [-0.4, -0.2) is 17.7 Å². The number of benzene rings is 1. The van der Waals surface area contributed by atoms with Crippen LogP contribution in [0.4, 0.5) is 0 Å². The van der Waals surface area contributed by atoms with E-state index in [0.29, 0.717) is 12.0 Å². The minimum absolute atomic E-state index is 0.268. The number of piperidine rings is 1. The van der Waals surface area contributed by atoms with Gasteiger partial charge in [-0.2, -0.15) is 0 Å². The van der Waals surface area contributed by atoms with Crippen molar-refractivity contribution in [2.75, 3.05) is 6.54 Å². The van der Waals surface area contributed by atoms with E-state index >= 15 is 0 Å². The Morgan fingerprint density at radius 3 is 2.82 bits per heavy atom. The van der Waals surface area contributed by atoms with Crippen molar-refractivity contribution in [2.24, 2.45) is 5.92 Å². The topological polar surface area (TPSA) is 32.3 Å². The molecule has 3 atom stereocenters. The molecule has 1 fully saturated rings. The standard InChI is InChI=1S/C15H21NO/c17-15-12-6-2-1-5-11(12)8-9-13(15)14-7-3-4-10-16-14/h1-2,5-6,13-17H,3-4,7-10H2. The number of hydrogen-bond donors (Lipinski definition) is 2. The molecule has 1 heterocycles. The van der Waals surface area contributed by atoms with E-state index in [9.17, 15) is 5.11 Å².